The van der Waals surface area contributed by atoms with E-state index in [1.165, 1.54) is 12.7 Å². The van der Waals surface area contributed by atoms with Crippen LogP contribution in [0, 0.1) is 20.8 Å². The number of carbonyl (C=O) groups is 2. The molecule has 1 aliphatic rings. The molecule has 0 bridgehead atoms. The monoisotopic (exact) mass is 445 g/mol. The number of benzene rings is 2. The van der Waals surface area contributed by atoms with Crippen molar-refractivity contribution in [2.24, 2.45) is 0 Å². The summed E-state index contributed by atoms with van der Waals surface area (Å²) >= 11 is 0. The molecule has 4 rings (SSSR count). The summed E-state index contributed by atoms with van der Waals surface area (Å²) in [6.07, 6.45) is 3.05. The van der Waals surface area contributed by atoms with Gasteiger partial charge in [-0.25, -0.2) is 4.68 Å². The number of aryl methyl sites for hydroxylation is 2. The van der Waals surface area contributed by atoms with E-state index in [1.807, 2.05) is 47.7 Å². The number of esters is 1. The van der Waals surface area contributed by atoms with Crippen molar-refractivity contribution in [3.05, 3.63) is 82.2 Å². The lowest BCUT2D eigenvalue weighted by molar-refractivity contribution is -0.140. The third kappa shape index (κ3) is 5.16. The van der Waals surface area contributed by atoms with E-state index in [4.69, 9.17) is 4.74 Å². The van der Waals surface area contributed by atoms with E-state index in [1.54, 1.807) is 0 Å². The van der Waals surface area contributed by atoms with E-state index in [0.717, 1.165) is 41.0 Å². The zero-order valence-electron chi connectivity index (χ0n) is 19.8. The second kappa shape index (κ2) is 9.61. The first kappa shape index (κ1) is 22.8. The molecule has 1 fully saturated rings. The summed E-state index contributed by atoms with van der Waals surface area (Å²) in [7, 11) is 1.40. The number of nitrogens with zero attached hydrogens (tertiary/aromatic N) is 3. The molecule has 2 aromatic carbocycles. The Morgan fingerprint density at radius 1 is 1.03 bits per heavy atom. The van der Waals surface area contributed by atoms with Crippen molar-refractivity contribution in [1.82, 2.24) is 14.7 Å². The lowest BCUT2D eigenvalue weighted by atomic mass is 10.1. The molecular formula is C27H31N3O3. The van der Waals surface area contributed by atoms with E-state index in [2.05, 4.69) is 36.3 Å². The fourth-order valence-electron chi connectivity index (χ4n) is 4.17. The molecule has 6 nitrogen and oxygen atoms in total. The maximum atomic E-state index is 13.3. The van der Waals surface area contributed by atoms with Crippen LogP contribution in [-0.4, -0.2) is 39.7 Å². The van der Waals surface area contributed by atoms with Crippen LogP contribution in [0.15, 0.2) is 48.5 Å². The second-order valence-corrected chi connectivity index (χ2v) is 8.83. The van der Waals surface area contributed by atoms with E-state index >= 15 is 0 Å². The van der Waals surface area contributed by atoms with Gasteiger partial charge in [-0.2, -0.15) is 5.10 Å². The van der Waals surface area contributed by atoms with Crippen LogP contribution in [0.1, 0.15) is 57.7 Å². The summed E-state index contributed by atoms with van der Waals surface area (Å²) < 4.78 is 6.64. The van der Waals surface area contributed by atoms with Gasteiger partial charge in [0.05, 0.1) is 18.5 Å². The van der Waals surface area contributed by atoms with Crippen LogP contribution in [0.2, 0.25) is 0 Å². The van der Waals surface area contributed by atoms with Gasteiger partial charge in [0, 0.05) is 30.3 Å². The molecule has 0 spiro atoms. The Labute approximate surface area is 195 Å². The van der Waals surface area contributed by atoms with Gasteiger partial charge in [-0.15, -0.1) is 0 Å². The Kier molecular flexibility index (Phi) is 6.63. The van der Waals surface area contributed by atoms with Crippen LogP contribution in [0.4, 0.5) is 0 Å². The second-order valence-electron chi connectivity index (χ2n) is 8.83. The fraction of sp³-hybridized carbons (Fsp3) is 0.370. The lowest BCUT2D eigenvalue weighted by Gasteiger charge is -2.23. The minimum absolute atomic E-state index is 0.0664. The first-order valence-corrected chi connectivity index (χ1v) is 11.5. The largest absolute Gasteiger partial charge is 0.469 e. The molecule has 1 heterocycles. The maximum absolute atomic E-state index is 13.3. The molecule has 3 aromatic rings. The minimum Gasteiger partial charge on any atom is -0.469 e. The third-order valence-corrected chi connectivity index (χ3v) is 6.33. The van der Waals surface area contributed by atoms with Gasteiger partial charge >= 0.3 is 5.97 Å². The Hall–Kier alpha value is -3.41. The summed E-state index contributed by atoms with van der Waals surface area (Å²) in [5.41, 5.74) is 6.90. The zero-order valence-corrected chi connectivity index (χ0v) is 19.8. The smallest absolute Gasteiger partial charge is 0.305 e. The molecule has 0 aliphatic heterocycles. The van der Waals surface area contributed by atoms with Crippen LogP contribution in [-0.2, 0) is 22.5 Å². The molecule has 0 N–H and O–H groups in total. The van der Waals surface area contributed by atoms with Crippen LogP contribution in [0.25, 0.3) is 5.69 Å². The molecular weight excluding hydrogens is 414 g/mol. The molecule has 1 saturated carbocycles. The van der Waals surface area contributed by atoms with Crippen LogP contribution < -0.4 is 0 Å². The first-order valence-electron chi connectivity index (χ1n) is 11.5. The van der Waals surface area contributed by atoms with Crippen molar-refractivity contribution >= 4 is 11.9 Å². The van der Waals surface area contributed by atoms with Gasteiger partial charge in [0.1, 0.15) is 0 Å². The molecule has 0 unspecified atom stereocenters. The van der Waals surface area contributed by atoms with Gasteiger partial charge < -0.3 is 9.64 Å². The highest BCUT2D eigenvalue weighted by Gasteiger charge is 2.33. The molecule has 1 aromatic heterocycles. The minimum atomic E-state index is -0.227. The zero-order chi connectivity index (χ0) is 23.5. The molecule has 6 heteroatoms. The molecule has 0 radical (unpaired) electrons. The highest BCUT2D eigenvalue weighted by atomic mass is 16.5. The number of methoxy groups -OCH3 is 1. The highest BCUT2D eigenvalue weighted by Crippen LogP contribution is 2.30. The van der Waals surface area contributed by atoms with Crippen LogP contribution in [0.5, 0.6) is 0 Å². The molecule has 1 aliphatic carbocycles. The normalized spacial score (nSPS) is 13.1. The summed E-state index contributed by atoms with van der Waals surface area (Å²) in [4.78, 5) is 26.8. The Bertz CT molecular complexity index is 1140. The van der Waals surface area contributed by atoms with Gasteiger partial charge in [-0.1, -0.05) is 29.8 Å². The average Bonchev–Trinajstić information content (AvgIpc) is 3.62. The standard InChI is InChI=1S/C27H31N3O3/c1-18-5-7-21(8-6-18)17-29(23-13-14-23)27(32)22-9-11-24(12-10-22)30-20(3)25(19(2)28-30)15-16-26(31)33-4/h5-12,23H,13-17H2,1-4H3. The molecule has 0 atom stereocenters. The Balaban J connectivity index is 1.51. The number of hydrogen-bond donors (Lipinski definition) is 0. The topological polar surface area (TPSA) is 64.4 Å². The van der Waals surface area contributed by atoms with E-state index in [0.29, 0.717) is 31.0 Å². The predicted molar refractivity (Wildman–Crippen MR) is 127 cm³/mol. The molecule has 33 heavy (non-hydrogen) atoms. The van der Waals surface area contributed by atoms with Gasteiger partial charge in [0.25, 0.3) is 5.91 Å². The maximum Gasteiger partial charge on any atom is 0.305 e. The predicted octanol–water partition coefficient (Wildman–Crippen LogP) is 4.71. The summed E-state index contributed by atoms with van der Waals surface area (Å²) in [6, 6.07) is 16.3. The van der Waals surface area contributed by atoms with Crippen molar-refractivity contribution in [2.45, 2.75) is 59.0 Å². The molecule has 1 amide bonds. The molecule has 172 valence electrons. The van der Waals surface area contributed by atoms with E-state index in [-0.39, 0.29) is 11.9 Å². The average molecular weight is 446 g/mol. The van der Waals surface area contributed by atoms with Crippen molar-refractivity contribution < 1.29 is 14.3 Å². The Morgan fingerprint density at radius 2 is 1.70 bits per heavy atom. The summed E-state index contributed by atoms with van der Waals surface area (Å²) in [6.45, 7) is 6.65. The third-order valence-electron chi connectivity index (χ3n) is 6.33. The van der Waals surface area contributed by atoms with Gasteiger partial charge in [0.15, 0.2) is 0 Å². The van der Waals surface area contributed by atoms with Gasteiger partial charge in [-0.3, -0.25) is 9.59 Å². The number of hydrogen-bond acceptors (Lipinski definition) is 4. The van der Waals surface area contributed by atoms with Crippen molar-refractivity contribution in [1.29, 1.82) is 0 Å². The van der Waals surface area contributed by atoms with Crippen molar-refractivity contribution in [3.8, 4) is 5.69 Å². The van der Waals surface area contributed by atoms with Gasteiger partial charge in [0.2, 0.25) is 0 Å². The van der Waals surface area contributed by atoms with Crippen LogP contribution >= 0.6 is 0 Å². The number of aromatic nitrogens is 2. The number of ether oxygens (including phenoxy) is 1. The number of rotatable bonds is 8. The molecule has 0 saturated heterocycles. The number of amides is 1. The van der Waals surface area contributed by atoms with Crippen molar-refractivity contribution in [3.63, 3.8) is 0 Å². The quantitative estimate of drug-likeness (QED) is 0.471. The summed E-state index contributed by atoms with van der Waals surface area (Å²) in [5, 5.41) is 4.66. The summed E-state index contributed by atoms with van der Waals surface area (Å²) in [5.74, 6) is -0.160. The van der Waals surface area contributed by atoms with E-state index < -0.39 is 0 Å². The van der Waals surface area contributed by atoms with Crippen molar-refractivity contribution in [2.75, 3.05) is 7.11 Å². The Morgan fingerprint density at radius 3 is 2.30 bits per heavy atom. The number of carbonyl (C=O) groups excluding carboxylic acids is 2. The first-order chi connectivity index (χ1) is 15.9. The lowest BCUT2D eigenvalue weighted by Crippen LogP contribution is -2.32. The fourth-order valence-corrected chi connectivity index (χ4v) is 4.17. The highest BCUT2D eigenvalue weighted by molar-refractivity contribution is 5.94. The van der Waals surface area contributed by atoms with Gasteiger partial charge in [-0.05, 0) is 75.4 Å². The SMILES string of the molecule is COC(=O)CCc1c(C)nn(-c2ccc(C(=O)N(Cc3ccc(C)cc3)C3CC3)cc2)c1C. The van der Waals surface area contributed by atoms with E-state index in [9.17, 15) is 9.59 Å². The van der Waals surface area contributed by atoms with Crippen LogP contribution in [0.3, 0.4) is 0 Å².